The highest BCUT2D eigenvalue weighted by molar-refractivity contribution is 6.31. The van der Waals surface area contributed by atoms with Crippen LogP contribution < -0.4 is 10.5 Å². The van der Waals surface area contributed by atoms with Gasteiger partial charge in [-0.05, 0) is 29.8 Å². The van der Waals surface area contributed by atoms with Crippen molar-refractivity contribution in [3.05, 3.63) is 64.4 Å². The lowest BCUT2D eigenvalue weighted by Gasteiger charge is -2.08. The topological polar surface area (TPSA) is 35.2 Å². The third-order valence-electron chi connectivity index (χ3n) is 2.57. The highest BCUT2D eigenvalue weighted by Crippen LogP contribution is 2.20. The zero-order chi connectivity index (χ0) is 13.0. The van der Waals surface area contributed by atoms with Gasteiger partial charge in [0.05, 0.1) is 5.02 Å². The minimum atomic E-state index is -0.351. The Morgan fingerprint density at radius 3 is 2.44 bits per heavy atom. The summed E-state index contributed by atoms with van der Waals surface area (Å²) in [4.78, 5) is 0. The van der Waals surface area contributed by atoms with Crippen LogP contribution in [0.2, 0.25) is 5.02 Å². The monoisotopic (exact) mass is 265 g/mol. The lowest BCUT2D eigenvalue weighted by Crippen LogP contribution is -1.98. The Morgan fingerprint density at radius 2 is 1.83 bits per heavy atom. The van der Waals surface area contributed by atoms with Crippen molar-refractivity contribution >= 4 is 11.6 Å². The Labute approximate surface area is 110 Å². The molecule has 2 aromatic carbocycles. The van der Waals surface area contributed by atoms with Gasteiger partial charge in [0.25, 0.3) is 0 Å². The summed E-state index contributed by atoms with van der Waals surface area (Å²) < 4.78 is 18.4. The van der Waals surface area contributed by atoms with Crippen molar-refractivity contribution in [3.63, 3.8) is 0 Å². The minimum absolute atomic E-state index is 0.307. The van der Waals surface area contributed by atoms with E-state index < -0.39 is 0 Å². The molecular formula is C14H13ClFNO. The number of benzene rings is 2. The van der Waals surface area contributed by atoms with Crippen molar-refractivity contribution in [2.75, 3.05) is 0 Å². The predicted octanol–water partition coefficient (Wildman–Crippen LogP) is 3.52. The number of ether oxygens (including phenoxy) is 1. The molecule has 0 heterocycles. The first-order valence-electron chi connectivity index (χ1n) is 5.55. The smallest absolute Gasteiger partial charge is 0.124 e. The first-order valence-corrected chi connectivity index (χ1v) is 5.92. The summed E-state index contributed by atoms with van der Waals surface area (Å²) in [6, 6.07) is 11.8. The fourth-order valence-electron chi connectivity index (χ4n) is 1.52. The number of hydrogen-bond acceptors (Lipinski definition) is 2. The molecule has 0 aromatic heterocycles. The zero-order valence-corrected chi connectivity index (χ0v) is 10.5. The maximum absolute atomic E-state index is 12.9. The molecule has 0 aliphatic rings. The van der Waals surface area contributed by atoms with E-state index in [1.165, 1.54) is 12.1 Å². The maximum atomic E-state index is 12.9. The lowest BCUT2D eigenvalue weighted by molar-refractivity contribution is 0.306. The lowest BCUT2D eigenvalue weighted by atomic mass is 10.2. The Balaban J connectivity index is 2.02. The summed E-state index contributed by atoms with van der Waals surface area (Å²) in [5.74, 6) is 0.378. The fourth-order valence-corrected chi connectivity index (χ4v) is 1.74. The van der Waals surface area contributed by atoms with E-state index >= 15 is 0 Å². The van der Waals surface area contributed by atoms with Crippen molar-refractivity contribution in [3.8, 4) is 5.75 Å². The molecule has 0 bridgehead atoms. The molecule has 0 atom stereocenters. The molecule has 2 N–H and O–H groups in total. The molecule has 0 aliphatic carbocycles. The van der Waals surface area contributed by atoms with E-state index in [1.807, 2.05) is 24.3 Å². The number of rotatable bonds is 4. The molecule has 2 nitrogen and oxygen atoms in total. The van der Waals surface area contributed by atoms with Crippen molar-refractivity contribution in [2.24, 2.45) is 5.73 Å². The van der Waals surface area contributed by atoms with Gasteiger partial charge in [-0.3, -0.25) is 0 Å². The molecule has 18 heavy (non-hydrogen) atoms. The van der Waals surface area contributed by atoms with Gasteiger partial charge in [-0.25, -0.2) is 4.39 Å². The molecular weight excluding hydrogens is 253 g/mol. The summed E-state index contributed by atoms with van der Waals surface area (Å²) in [7, 11) is 0. The molecule has 2 rings (SSSR count). The number of nitrogens with two attached hydrogens (primary N) is 1. The normalized spacial score (nSPS) is 10.4. The fraction of sp³-hybridized carbons (Fsp3) is 0.143. The molecule has 0 saturated carbocycles. The third kappa shape index (κ3) is 3.22. The molecule has 0 amide bonds. The molecule has 0 saturated heterocycles. The van der Waals surface area contributed by atoms with Gasteiger partial charge in [0.15, 0.2) is 0 Å². The SMILES string of the molecule is NCc1ccc(OCc2ccc(F)cc2Cl)cc1. The van der Waals surface area contributed by atoms with Crippen LogP contribution in [0.25, 0.3) is 0 Å². The molecule has 4 heteroatoms. The van der Waals surface area contributed by atoms with Crippen LogP contribution >= 0.6 is 11.6 Å². The molecule has 0 fully saturated rings. The average molecular weight is 266 g/mol. The van der Waals surface area contributed by atoms with Gasteiger partial charge in [0.1, 0.15) is 18.2 Å². The third-order valence-corrected chi connectivity index (χ3v) is 2.92. The van der Waals surface area contributed by atoms with Crippen LogP contribution in [-0.2, 0) is 13.2 Å². The van der Waals surface area contributed by atoms with E-state index in [2.05, 4.69) is 0 Å². The van der Waals surface area contributed by atoms with Crippen molar-refractivity contribution in [1.82, 2.24) is 0 Å². The first-order chi connectivity index (χ1) is 8.69. The van der Waals surface area contributed by atoms with Crippen LogP contribution in [-0.4, -0.2) is 0 Å². The van der Waals surface area contributed by atoms with Crippen LogP contribution in [0.15, 0.2) is 42.5 Å². The highest BCUT2D eigenvalue weighted by Gasteiger charge is 2.03. The van der Waals surface area contributed by atoms with Gasteiger partial charge in [-0.15, -0.1) is 0 Å². The van der Waals surface area contributed by atoms with E-state index in [0.29, 0.717) is 18.2 Å². The molecule has 0 spiro atoms. The van der Waals surface area contributed by atoms with E-state index in [0.717, 1.165) is 16.9 Å². The summed E-state index contributed by atoms with van der Waals surface area (Å²) in [6.45, 7) is 0.811. The van der Waals surface area contributed by atoms with Crippen molar-refractivity contribution in [1.29, 1.82) is 0 Å². The van der Waals surface area contributed by atoms with Gasteiger partial charge >= 0.3 is 0 Å². The zero-order valence-electron chi connectivity index (χ0n) is 9.70. The summed E-state index contributed by atoms with van der Waals surface area (Å²) in [5, 5.41) is 0.369. The summed E-state index contributed by atoms with van der Waals surface area (Å²) in [6.07, 6.45) is 0. The summed E-state index contributed by atoms with van der Waals surface area (Å²) >= 11 is 5.91. The second-order valence-electron chi connectivity index (χ2n) is 3.87. The van der Waals surface area contributed by atoms with Gasteiger partial charge in [-0.2, -0.15) is 0 Å². The second-order valence-corrected chi connectivity index (χ2v) is 4.28. The van der Waals surface area contributed by atoms with Crippen LogP contribution in [0.4, 0.5) is 4.39 Å². The van der Waals surface area contributed by atoms with Crippen LogP contribution in [0, 0.1) is 5.82 Å². The van der Waals surface area contributed by atoms with Gasteiger partial charge in [0, 0.05) is 12.1 Å². The largest absolute Gasteiger partial charge is 0.489 e. The molecule has 94 valence electrons. The maximum Gasteiger partial charge on any atom is 0.124 e. The van der Waals surface area contributed by atoms with E-state index in [9.17, 15) is 4.39 Å². The minimum Gasteiger partial charge on any atom is -0.489 e. The van der Waals surface area contributed by atoms with Crippen LogP contribution in [0.1, 0.15) is 11.1 Å². The van der Waals surface area contributed by atoms with Gasteiger partial charge < -0.3 is 10.5 Å². The summed E-state index contributed by atoms with van der Waals surface area (Å²) in [5.41, 5.74) is 7.30. The Bertz CT molecular complexity index is 528. The Hall–Kier alpha value is -1.58. The van der Waals surface area contributed by atoms with Crippen molar-refractivity contribution in [2.45, 2.75) is 13.2 Å². The Morgan fingerprint density at radius 1 is 1.11 bits per heavy atom. The molecule has 0 unspecified atom stereocenters. The number of halogens is 2. The molecule has 0 radical (unpaired) electrons. The van der Waals surface area contributed by atoms with Gasteiger partial charge in [0.2, 0.25) is 0 Å². The molecule has 2 aromatic rings. The van der Waals surface area contributed by atoms with Crippen molar-refractivity contribution < 1.29 is 9.13 Å². The predicted molar refractivity (Wildman–Crippen MR) is 70.1 cm³/mol. The quantitative estimate of drug-likeness (QED) is 0.918. The van der Waals surface area contributed by atoms with E-state index in [4.69, 9.17) is 22.1 Å². The van der Waals surface area contributed by atoms with E-state index in [1.54, 1.807) is 6.07 Å². The molecule has 0 aliphatic heterocycles. The first kappa shape index (κ1) is 12.9. The Kier molecular flexibility index (Phi) is 4.18. The van der Waals surface area contributed by atoms with Crippen LogP contribution in [0.3, 0.4) is 0 Å². The highest BCUT2D eigenvalue weighted by atomic mass is 35.5. The van der Waals surface area contributed by atoms with Crippen LogP contribution in [0.5, 0.6) is 5.75 Å². The average Bonchev–Trinajstić information content (AvgIpc) is 2.38. The second kappa shape index (κ2) is 5.85. The number of hydrogen-bond donors (Lipinski definition) is 1. The standard InChI is InChI=1S/C14H13ClFNO/c15-14-7-12(16)4-3-11(14)9-18-13-5-1-10(8-17)2-6-13/h1-7H,8-9,17H2. The van der Waals surface area contributed by atoms with Gasteiger partial charge in [-0.1, -0.05) is 29.8 Å². The van der Waals surface area contributed by atoms with E-state index in [-0.39, 0.29) is 5.82 Å².